The lowest BCUT2D eigenvalue weighted by atomic mass is 10.0. The molecule has 1 radical (unpaired) electrons. The van der Waals surface area contributed by atoms with Crippen molar-refractivity contribution in [1.82, 2.24) is 0 Å². The van der Waals surface area contributed by atoms with E-state index in [-0.39, 0.29) is 0 Å². The minimum Gasteiger partial charge on any atom is -0.273 e. The Bertz CT molecular complexity index is 530. The highest BCUT2D eigenvalue weighted by Crippen LogP contribution is 2.27. The van der Waals surface area contributed by atoms with Gasteiger partial charge in [0.15, 0.2) is 0 Å². The Morgan fingerprint density at radius 2 is 1.05 bits per heavy atom. The molecule has 0 atom stereocenters. The molecule has 109 valence electrons. The van der Waals surface area contributed by atoms with Crippen molar-refractivity contribution in [3.63, 3.8) is 0 Å². The molecule has 0 aliphatic rings. The molecule has 2 nitrogen and oxygen atoms in total. The number of carbonyl (C=O) groups excluding carboxylic acids is 1. The fourth-order valence-electron chi connectivity index (χ4n) is 2.27. The van der Waals surface area contributed by atoms with Crippen LogP contribution in [0.2, 0.25) is 0 Å². The minimum absolute atomic E-state index is 0.484. The number of hydrogen-bond donors (Lipinski definition) is 0. The van der Waals surface area contributed by atoms with Gasteiger partial charge in [0.05, 0.1) is 0 Å². The predicted molar refractivity (Wildman–Crippen MR) is 88.9 cm³/mol. The summed E-state index contributed by atoms with van der Waals surface area (Å²) in [6.07, 6.45) is 2.02. The Morgan fingerprint density at radius 1 is 0.714 bits per heavy atom. The van der Waals surface area contributed by atoms with Crippen LogP contribution in [-0.4, -0.2) is 6.41 Å². The van der Waals surface area contributed by atoms with E-state index in [9.17, 15) is 4.79 Å². The first-order chi connectivity index (χ1) is 10.0. The van der Waals surface area contributed by atoms with Gasteiger partial charge in [0, 0.05) is 11.4 Å². The van der Waals surface area contributed by atoms with E-state index in [1.165, 1.54) is 11.1 Å². The Labute approximate surface area is 127 Å². The van der Waals surface area contributed by atoms with Crippen molar-refractivity contribution >= 4 is 17.8 Å². The van der Waals surface area contributed by atoms with Gasteiger partial charge in [0.25, 0.3) is 0 Å². The maximum absolute atomic E-state index is 11.3. The number of hydrogen-bond acceptors (Lipinski definition) is 1. The smallest absolute Gasteiger partial charge is 0.273 e. The van der Waals surface area contributed by atoms with Crippen LogP contribution in [0.15, 0.2) is 48.5 Å². The van der Waals surface area contributed by atoms with Crippen LogP contribution in [-0.2, 0) is 4.79 Å². The third-order valence-corrected chi connectivity index (χ3v) is 3.73. The summed E-state index contributed by atoms with van der Waals surface area (Å²) in [5, 5.41) is 0. The highest BCUT2D eigenvalue weighted by molar-refractivity contribution is 5.86. The van der Waals surface area contributed by atoms with Crippen molar-refractivity contribution in [2.45, 2.75) is 39.5 Å². The van der Waals surface area contributed by atoms with Gasteiger partial charge in [-0.15, -0.1) is 0 Å². The fraction of sp³-hybridized carbons (Fsp3) is 0.316. The zero-order valence-electron chi connectivity index (χ0n) is 13.1. The van der Waals surface area contributed by atoms with E-state index in [0.29, 0.717) is 11.8 Å². The molecule has 2 rings (SSSR count). The van der Waals surface area contributed by atoms with Crippen molar-refractivity contribution in [3.05, 3.63) is 59.7 Å². The van der Waals surface area contributed by atoms with Crippen molar-refractivity contribution in [2.75, 3.05) is 4.90 Å². The van der Waals surface area contributed by atoms with Gasteiger partial charge in [-0.05, 0) is 47.2 Å². The van der Waals surface area contributed by atoms with E-state index in [2.05, 4.69) is 52.0 Å². The maximum Gasteiger partial charge on any atom is 0.321 e. The molecule has 0 heterocycles. The van der Waals surface area contributed by atoms with E-state index < -0.39 is 0 Å². The van der Waals surface area contributed by atoms with Crippen molar-refractivity contribution in [1.29, 1.82) is 0 Å². The average molecular weight is 280 g/mol. The normalized spacial score (nSPS) is 11.0. The second kappa shape index (κ2) is 6.57. The van der Waals surface area contributed by atoms with Gasteiger partial charge in [0.2, 0.25) is 0 Å². The van der Waals surface area contributed by atoms with E-state index >= 15 is 0 Å². The number of nitrogens with zero attached hydrogens (tertiary/aromatic N) is 1. The van der Waals surface area contributed by atoms with Crippen LogP contribution in [0.5, 0.6) is 0 Å². The molecule has 21 heavy (non-hydrogen) atoms. The maximum atomic E-state index is 11.3. The summed E-state index contributed by atoms with van der Waals surface area (Å²) in [7, 11) is 0. The first-order valence-corrected chi connectivity index (χ1v) is 7.40. The largest absolute Gasteiger partial charge is 0.321 e. The molecular weight excluding hydrogens is 258 g/mol. The van der Waals surface area contributed by atoms with E-state index in [1.54, 1.807) is 4.90 Å². The molecule has 2 heteroatoms. The average Bonchev–Trinajstić information content (AvgIpc) is 2.49. The lowest BCUT2D eigenvalue weighted by Gasteiger charge is -2.18. The number of anilines is 2. The van der Waals surface area contributed by atoms with Gasteiger partial charge >= 0.3 is 6.41 Å². The Morgan fingerprint density at radius 3 is 1.29 bits per heavy atom. The second-order valence-corrected chi connectivity index (χ2v) is 5.92. The summed E-state index contributed by atoms with van der Waals surface area (Å²) in [6.45, 7) is 8.62. The molecule has 0 bridgehead atoms. The van der Waals surface area contributed by atoms with Crippen molar-refractivity contribution in [3.8, 4) is 0 Å². The van der Waals surface area contributed by atoms with Gasteiger partial charge in [-0.1, -0.05) is 52.0 Å². The molecule has 0 aliphatic heterocycles. The first kappa shape index (κ1) is 15.3. The van der Waals surface area contributed by atoms with Crippen LogP contribution < -0.4 is 4.90 Å². The minimum atomic E-state index is 0.484. The molecule has 0 saturated heterocycles. The van der Waals surface area contributed by atoms with Crippen LogP contribution in [0.3, 0.4) is 0 Å². The van der Waals surface area contributed by atoms with E-state index in [4.69, 9.17) is 0 Å². The molecule has 0 unspecified atom stereocenters. The van der Waals surface area contributed by atoms with Crippen LogP contribution in [0.1, 0.15) is 50.7 Å². The molecule has 0 aliphatic carbocycles. The zero-order valence-corrected chi connectivity index (χ0v) is 13.1. The molecule has 0 N–H and O–H groups in total. The Kier molecular flexibility index (Phi) is 4.79. The van der Waals surface area contributed by atoms with Crippen LogP contribution in [0.4, 0.5) is 11.4 Å². The molecule has 0 saturated carbocycles. The molecule has 0 spiro atoms. The molecule has 0 fully saturated rings. The van der Waals surface area contributed by atoms with Gasteiger partial charge < -0.3 is 0 Å². The molecule has 2 aromatic carbocycles. The Hall–Kier alpha value is -2.09. The first-order valence-electron chi connectivity index (χ1n) is 7.40. The highest BCUT2D eigenvalue weighted by Gasteiger charge is 2.10. The molecular formula is C19H22NO. The van der Waals surface area contributed by atoms with E-state index in [1.807, 2.05) is 30.7 Å². The van der Waals surface area contributed by atoms with Gasteiger partial charge in [-0.2, -0.15) is 0 Å². The standard InChI is InChI=1S/C19H22NO/c1-14(2)16-5-9-18(10-6-16)20(13-21)19-11-7-17(8-12-19)15(3)4/h5-12,14-15H,1-4H3. The molecule has 1 amide bonds. The quantitative estimate of drug-likeness (QED) is 0.694. The number of amides is 1. The fourth-order valence-corrected chi connectivity index (χ4v) is 2.27. The van der Waals surface area contributed by atoms with Gasteiger partial charge in [-0.3, -0.25) is 9.69 Å². The number of rotatable bonds is 5. The van der Waals surface area contributed by atoms with Crippen LogP contribution in [0.25, 0.3) is 0 Å². The second-order valence-electron chi connectivity index (χ2n) is 5.92. The lowest BCUT2D eigenvalue weighted by Crippen LogP contribution is -2.14. The zero-order chi connectivity index (χ0) is 15.4. The van der Waals surface area contributed by atoms with Crippen molar-refractivity contribution in [2.24, 2.45) is 0 Å². The van der Waals surface area contributed by atoms with E-state index in [0.717, 1.165) is 11.4 Å². The Balaban J connectivity index is 2.28. The molecule has 2 aromatic rings. The van der Waals surface area contributed by atoms with Crippen LogP contribution >= 0.6 is 0 Å². The number of benzene rings is 2. The summed E-state index contributed by atoms with van der Waals surface area (Å²) >= 11 is 0. The summed E-state index contributed by atoms with van der Waals surface area (Å²) in [5.41, 5.74) is 4.21. The van der Waals surface area contributed by atoms with Gasteiger partial charge in [0.1, 0.15) is 0 Å². The SMILES string of the molecule is CC(C)c1ccc(N([C]=O)c2ccc(C(C)C)cc2)cc1. The predicted octanol–water partition coefficient (Wildman–Crippen LogP) is 5.14. The topological polar surface area (TPSA) is 20.3 Å². The third-order valence-electron chi connectivity index (χ3n) is 3.73. The molecule has 0 aromatic heterocycles. The van der Waals surface area contributed by atoms with Crippen molar-refractivity contribution < 1.29 is 4.79 Å². The highest BCUT2D eigenvalue weighted by atomic mass is 16.1. The van der Waals surface area contributed by atoms with Gasteiger partial charge in [-0.25, -0.2) is 0 Å². The summed E-state index contributed by atoms with van der Waals surface area (Å²) in [6, 6.07) is 16.1. The monoisotopic (exact) mass is 280 g/mol. The van der Waals surface area contributed by atoms with Crippen LogP contribution in [0, 0.1) is 0 Å². The third kappa shape index (κ3) is 3.52. The summed E-state index contributed by atoms with van der Waals surface area (Å²) in [4.78, 5) is 12.9. The summed E-state index contributed by atoms with van der Waals surface area (Å²) < 4.78 is 0. The lowest BCUT2D eigenvalue weighted by molar-refractivity contribution is 0.556. The summed E-state index contributed by atoms with van der Waals surface area (Å²) in [5.74, 6) is 0.969.